The van der Waals surface area contributed by atoms with Gasteiger partial charge in [-0.1, -0.05) is 39.5 Å². The summed E-state index contributed by atoms with van der Waals surface area (Å²) in [6.07, 6.45) is 2.09. The van der Waals surface area contributed by atoms with Crippen LogP contribution < -0.4 is 0 Å². The second kappa shape index (κ2) is 16.7. The standard InChI is InChI=1S/C20H38O8/c1-3-15(9-5-7-11-21)13-27-19(25)17(23)18(24)20(26)28-14-16(4-2)10-6-8-12-22/h15-18,21-24H,3-14H2,1-2H3. The highest BCUT2D eigenvalue weighted by molar-refractivity contribution is 5.85. The Balaban J connectivity index is 4.32. The van der Waals surface area contributed by atoms with Crippen molar-refractivity contribution in [3.8, 4) is 0 Å². The van der Waals surface area contributed by atoms with Gasteiger partial charge in [0, 0.05) is 13.2 Å². The predicted octanol–water partition coefficient (Wildman–Crippen LogP) is 1.17. The van der Waals surface area contributed by atoms with Gasteiger partial charge in [-0.3, -0.25) is 0 Å². The smallest absolute Gasteiger partial charge is 0.338 e. The summed E-state index contributed by atoms with van der Waals surface area (Å²) in [5.41, 5.74) is 0. The van der Waals surface area contributed by atoms with E-state index >= 15 is 0 Å². The van der Waals surface area contributed by atoms with E-state index in [9.17, 15) is 19.8 Å². The Labute approximate surface area is 167 Å². The Morgan fingerprint density at radius 3 is 1.36 bits per heavy atom. The van der Waals surface area contributed by atoms with Gasteiger partial charge in [0.25, 0.3) is 0 Å². The Kier molecular flexibility index (Phi) is 16.0. The number of ether oxygens (including phenoxy) is 2. The van der Waals surface area contributed by atoms with E-state index in [0.717, 1.165) is 38.5 Å². The summed E-state index contributed by atoms with van der Waals surface area (Å²) < 4.78 is 10.1. The van der Waals surface area contributed by atoms with Crippen molar-refractivity contribution in [2.24, 2.45) is 11.8 Å². The molecule has 4 N–H and O–H groups in total. The van der Waals surface area contributed by atoms with Crippen LogP contribution in [0.1, 0.15) is 65.2 Å². The fourth-order valence-electron chi connectivity index (χ4n) is 2.73. The third-order valence-corrected chi connectivity index (χ3v) is 4.90. The minimum absolute atomic E-state index is 0.0857. The molecule has 0 amide bonds. The van der Waals surface area contributed by atoms with E-state index < -0.39 is 24.1 Å². The van der Waals surface area contributed by atoms with Gasteiger partial charge < -0.3 is 29.9 Å². The molecule has 28 heavy (non-hydrogen) atoms. The summed E-state index contributed by atoms with van der Waals surface area (Å²) in [5.74, 6) is -1.92. The molecule has 4 unspecified atom stereocenters. The molecule has 0 spiro atoms. The van der Waals surface area contributed by atoms with Gasteiger partial charge in [0.15, 0.2) is 12.2 Å². The maximum atomic E-state index is 11.9. The maximum Gasteiger partial charge on any atom is 0.338 e. The summed E-state index contributed by atoms with van der Waals surface area (Å²) in [5, 5.41) is 37.3. The molecule has 0 rings (SSSR count). The number of hydrogen-bond acceptors (Lipinski definition) is 8. The van der Waals surface area contributed by atoms with Crippen molar-refractivity contribution >= 4 is 11.9 Å². The number of esters is 2. The summed E-state index contributed by atoms with van der Waals surface area (Å²) in [6, 6.07) is 0. The van der Waals surface area contributed by atoms with Gasteiger partial charge >= 0.3 is 11.9 Å². The van der Waals surface area contributed by atoms with Gasteiger partial charge in [-0.25, -0.2) is 9.59 Å². The quantitative estimate of drug-likeness (QED) is 0.209. The monoisotopic (exact) mass is 406 g/mol. The first-order valence-electron chi connectivity index (χ1n) is 10.3. The summed E-state index contributed by atoms with van der Waals surface area (Å²) >= 11 is 0. The van der Waals surface area contributed by atoms with Crippen LogP contribution in [0.4, 0.5) is 0 Å². The normalized spacial score (nSPS) is 15.5. The molecule has 4 atom stereocenters. The SMILES string of the molecule is CCC(CCCCO)COC(=O)C(O)C(O)C(=O)OCC(CC)CCCCO. The van der Waals surface area contributed by atoms with Crippen molar-refractivity contribution in [3.05, 3.63) is 0 Å². The lowest BCUT2D eigenvalue weighted by Gasteiger charge is -2.20. The first kappa shape index (κ1) is 26.8. The first-order chi connectivity index (χ1) is 13.4. The molecular formula is C20H38O8. The van der Waals surface area contributed by atoms with Gasteiger partial charge in [-0.2, -0.15) is 0 Å². The molecule has 0 aromatic heterocycles. The van der Waals surface area contributed by atoms with E-state index in [4.69, 9.17) is 19.7 Å². The molecule has 0 saturated carbocycles. The Morgan fingerprint density at radius 1 is 0.714 bits per heavy atom. The van der Waals surface area contributed by atoms with E-state index in [-0.39, 0.29) is 38.3 Å². The molecule has 0 aromatic rings. The average molecular weight is 407 g/mol. The number of carbonyl (C=O) groups excluding carboxylic acids is 2. The molecule has 0 saturated heterocycles. The number of aliphatic hydroxyl groups excluding tert-OH is 4. The highest BCUT2D eigenvalue weighted by Crippen LogP contribution is 2.15. The van der Waals surface area contributed by atoms with E-state index in [2.05, 4.69) is 0 Å². The van der Waals surface area contributed by atoms with Crippen LogP contribution in [0.25, 0.3) is 0 Å². The summed E-state index contributed by atoms with van der Waals surface area (Å²) in [7, 11) is 0. The Hall–Kier alpha value is -1.22. The van der Waals surface area contributed by atoms with Crippen LogP contribution in [0, 0.1) is 11.8 Å². The van der Waals surface area contributed by atoms with E-state index in [1.165, 1.54) is 0 Å². The topological polar surface area (TPSA) is 134 Å². The van der Waals surface area contributed by atoms with E-state index in [0.29, 0.717) is 12.8 Å². The van der Waals surface area contributed by atoms with Crippen LogP contribution >= 0.6 is 0 Å². The molecular weight excluding hydrogens is 368 g/mol. The first-order valence-corrected chi connectivity index (χ1v) is 10.3. The summed E-state index contributed by atoms with van der Waals surface area (Å²) in [4.78, 5) is 23.8. The third kappa shape index (κ3) is 11.6. The zero-order valence-corrected chi connectivity index (χ0v) is 17.2. The zero-order valence-electron chi connectivity index (χ0n) is 17.2. The Bertz CT molecular complexity index is 377. The number of aliphatic hydroxyl groups is 4. The molecule has 166 valence electrons. The minimum atomic E-state index is -1.99. The molecule has 0 radical (unpaired) electrons. The van der Waals surface area contributed by atoms with Gasteiger partial charge in [0.05, 0.1) is 13.2 Å². The van der Waals surface area contributed by atoms with Gasteiger partial charge in [-0.15, -0.1) is 0 Å². The van der Waals surface area contributed by atoms with Crippen LogP contribution in [0.3, 0.4) is 0 Å². The zero-order chi connectivity index (χ0) is 21.4. The van der Waals surface area contributed by atoms with Crippen LogP contribution in [-0.4, -0.2) is 71.0 Å². The maximum absolute atomic E-state index is 11.9. The fourth-order valence-corrected chi connectivity index (χ4v) is 2.73. The highest BCUT2D eigenvalue weighted by atomic mass is 16.6. The minimum Gasteiger partial charge on any atom is -0.463 e. The summed E-state index contributed by atoms with van der Waals surface area (Å²) in [6.45, 7) is 4.30. The van der Waals surface area contributed by atoms with Crippen molar-refractivity contribution in [3.63, 3.8) is 0 Å². The van der Waals surface area contributed by atoms with Gasteiger partial charge in [-0.05, 0) is 37.5 Å². The lowest BCUT2D eigenvalue weighted by molar-refractivity contribution is -0.174. The molecule has 8 nitrogen and oxygen atoms in total. The molecule has 8 heteroatoms. The van der Waals surface area contributed by atoms with Crippen molar-refractivity contribution in [1.29, 1.82) is 0 Å². The van der Waals surface area contributed by atoms with Gasteiger partial charge in [0.1, 0.15) is 0 Å². The number of carbonyl (C=O) groups is 2. The van der Waals surface area contributed by atoms with E-state index in [1.54, 1.807) is 0 Å². The van der Waals surface area contributed by atoms with Crippen LogP contribution in [0.2, 0.25) is 0 Å². The van der Waals surface area contributed by atoms with Gasteiger partial charge in [0.2, 0.25) is 0 Å². The molecule has 0 aromatic carbocycles. The average Bonchev–Trinajstić information content (AvgIpc) is 2.71. The van der Waals surface area contributed by atoms with E-state index in [1.807, 2.05) is 13.8 Å². The van der Waals surface area contributed by atoms with Crippen molar-refractivity contribution in [1.82, 2.24) is 0 Å². The van der Waals surface area contributed by atoms with Crippen molar-refractivity contribution in [2.45, 2.75) is 77.4 Å². The van der Waals surface area contributed by atoms with Crippen molar-refractivity contribution < 1.29 is 39.5 Å². The fraction of sp³-hybridized carbons (Fsp3) is 0.900. The third-order valence-electron chi connectivity index (χ3n) is 4.90. The largest absolute Gasteiger partial charge is 0.463 e. The molecule has 0 aliphatic heterocycles. The molecule has 0 heterocycles. The Morgan fingerprint density at radius 2 is 1.07 bits per heavy atom. The highest BCUT2D eigenvalue weighted by Gasteiger charge is 2.33. The predicted molar refractivity (Wildman–Crippen MR) is 103 cm³/mol. The lowest BCUT2D eigenvalue weighted by Crippen LogP contribution is -2.42. The molecule has 0 bridgehead atoms. The second-order valence-electron chi connectivity index (χ2n) is 7.14. The number of rotatable bonds is 17. The van der Waals surface area contributed by atoms with Crippen molar-refractivity contribution in [2.75, 3.05) is 26.4 Å². The molecule has 0 aliphatic rings. The number of unbranched alkanes of at least 4 members (excludes halogenated alkanes) is 2. The van der Waals surface area contributed by atoms with Crippen LogP contribution in [-0.2, 0) is 19.1 Å². The lowest BCUT2D eigenvalue weighted by atomic mass is 10.0. The number of hydrogen-bond donors (Lipinski definition) is 4. The van der Waals surface area contributed by atoms with Crippen LogP contribution in [0.5, 0.6) is 0 Å². The molecule has 0 aliphatic carbocycles. The molecule has 0 fully saturated rings. The van der Waals surface area contributed by atoms with Crippen LogP contribution in [0.15, 0.2) is 0 Å². The second-order valence-corrected chi connectivity index (χ2v) is 7.14.